The lowest BCUT2D eigenvalue weighted by atomic mass is 9.71. The Morgan fingerprint density at radius 1 is 0.935 bits per heavy atom. The third-order valence-corrected chi connectivity index (χ3v) is 6.97. The van der Waals surface area contributed by atoms with Gasteiger partial charge in [-0.2, -0.15) is 5.10 Å². The maximum atomic E-state index is 6.14. The summed E-state index contributed by atoms with van der Waals surface area (Å²) in [7, 11) is 1.68. The molecular formula is C25H27ClN2O3. The molecule has 5 nitrogen and oxygen atoms in total. The SMILES string of the molecule is COc1ccc(-n2nc(C3(C)CCC4(CC3)OCCO4)cc2-c2ccc(Cl)cc2)cc1. The summed E-state index contributed by atoms with van der Waals surface area (Å²) >= 11 is 6.14. The van der Waals surface area contributed by atoms with Crippen molar-refractivity contribution < 1.29 is 14.2 Å². The van der Waals surface area contributed by atoms with Crippen molar-refractivity contribution >= 4 is 11.6 Å². The summed E-state index contributed by atoms with van der Waals surface area (Å²) in [5.74, 6) is 0.446. The molecule has 0 atom stereocenters. The summed E-state index contributed by atoms with van der Waals surface area (Å²) in [5.41, 5.74) is 4.19. The van der Waals surface area contributed by atoms with Gasteiger partial charge in [0.25, 0.3) is 0 Å². The lowest BCUT2D eigenvalue weighted by Gasteiger charge is -2.40. The van der Waals surface area contributed by atoms with Gasteiger partial charge in [-0.1, -0.05) is 30.7 Å². The molecule has 0 unspecified atom stereocenters. The van der Waals surface area contributed by atoms with E-state index in [1.54, 1.807) is 7.11 Å². The number of nitrogens with zero attached hydrogens (tertiary/aromatic N) is 2. The highest BCUT2D eigenvalue weighted by Gasteiger charge is 2.46. The van der Waals surface area contributed by atoms with Gasteiger partial charge >= 0.3 is 0 Å². The summed E-state index contributed by atoms with van der Waals surface area (Å²) < 4.78 is 19.2. The van der Waals surface area contributed by atoms with Gasteiger partial charge in [0.05, 0.1) is 37.4 Å². The summed E-state index contributed by atoms with van der Waals surface area (Å²) in [6.45, 7) is 3.70. The summed E-state index contributed by atoms with van der Waals surface area (Å²) in [5, 5.41) is 5.83. The second-order valence-electron chi connectivity index (χ2n) is 8.70. The van der Waals surface area contributed by atoms with Crippen LogP contribution in [0.3, 0.4) is 0 Å². The smallest absolute Gasteiger partial charge is 0.168 e. The zero-order valence-corrected chi connectivity index (χ0v) is 18.7. The van der Waals surface area contributed by atoms with E-state index in [-0.39, 0.29) is 11.2 Å². The molecule has 1 saturated carbocycles. The zero-order valence-electron chi connectivity index (χ0n) is 17.9. The van der Waals surface area contributed by atoms with E-state index in [2.05, 4.69) is 13.0 Å². The quantitative estimate of drug-likeness (QED) is 0.518. The fourth-order valence-corrected chi connectivity index (χ4v) is 4.77. The van der Waals surface area contributed by atoms with Crippen molar-refractivity contribution in [3.63, 3.8) is 0 Å². The number of hydrogen-bond donors (Lipinski definition) is 0. The molecule has 1 saturated heterocycles. The van der Waals surface area contributed by atoms with Crippen LogP contribution in [0.15, 0.2) is 54.6 Å². The molecule has 0 radical (unpaired) electrons. The standard InChI is InChI=1S/C25H27ClN2O3/c1-24(11-13-25(14-12-24)30-15-16-31-25)23-17-22(18-3-5-19(26)6-4-18)28(27-23)20-7-9-21(29-2)10-8-20/h3-10,17H,11-16H2,1-2H3. The first kappa shape index (κ1) is 20.6. The van der Waals surface area contributed by atoms with Gasteiger partial charge in [-0.15, -0.1) is 0 Å². The van der Waals surface area contributed by atoms with Gasteiger partial charge in [0.2, 0.25) is 0 Å². The van der Waals surface area contributed by atoms with Gasteiger partial charge in [0.15, 0.2) is 5.79 Å². The highest BCUT2D eigenvalue weighted by molar-refractivity contribution is 6.30. The van der Waals surface area contributed by atoms with Crippen LogP contribution in [0, 0.1) is 0 Å². The molecule has 31 heavy (non-hydrogen) atoms. The Morgan fingerprint density at radius 3 is 2.19 bits per heavy atom. The molecular weight excluding hydrogens is 412 g/mol. The van der Waals surface area contributed by atoms with Crippen LogP contribution in [0.5, 0.6) is 5.75 Å². The van der Waals surface area contributed by atoms with Gasteiger partial charge in [0, 0.05) is 28.8 Å². The average Bonchev–Trinajstić information content (AvgIpc) is 3.45. The van der Waals surface area contributed by atoms with Crippen LogP contribution in [-0.2, 0) is 14.9 Å². The van der Waals surface area contributed by atoms with E-state index in [0.717, 1.165) is 59.1 Å². The molecule has 1 spiro atoms. The predicted molar refractivity (Wildman–Crippen MR) is 121 cm³/mol. The van der Waals surface area contributed by atoms with E-state index >= 15 is 0 Å². The van der Waals surface area contributed by atoms with Crippen LogP contribution in [0.4, 0.5) is 0 Å². The first-order valence-corrected chi connectivity index (χ1v) is 11.2. The number of halogens is 1. The molecule has 1 aliphatic heterocycles. The van der Waals surface area contributed by atoms with Crippen molar-refractivity contribution in [2.24, 2.45) is 0 Å². The van der Waals surface area contributed by atoms with Crippen molar-refractivity contribution in [3.8, 4) is 22.7 Å². The topological polar surface area (TPSA) is 45.5 Å². The Balaban J connectivity index is 1.53. The van der Waals surface area contributed by atoms with E-state index in [1.165, 1.54) is 0 Å². The van der Waals surface area contributed by atoms with Gasteiger partial charge < -0.3 is 14.2 Å². The zero-order chi connectivity index (χ0) is 21.5. The first-order valence-electron chi connectivity index (χ1n) is 10.8. The Hall–Kier alpha value is -2.34. The van der Waals surface area contributed by atoms with Crippen LogP contribution in [0.2, 0.25) is 5.02 Å². The van der Waals surface area contributed by atoms with Crippen LogP contribution in [-0.4, -0.2) is 35.9 Å². The third-order valence-electron chi connectivity index (χ3n) is 6.71. The van der Waals surface area contributed by atoms with E-state index in [0.29, 0.717) is 13.2 Å². The minimum Gasteiger partial charge on any atom is -0.497 e. The predicted octanol–water partition coefficient (Wildman–Crippen LogP) is 5.78. The number of hydrogen-bond acceptors (Lipinski definition) is 4. The molecule has 2 heterocycles. The van der Waals surface area contributed by atoms with Gasteiger partial charge in [-0.25, -0.2) is 4.68 Å². The van der Waals surface area contributed by atoms with Crippen molar-refractivity contribution in [3.05, 3.63) is 65.3 Å². The van der Waals surface area contributed by atoms with Crippen LogP contribution >= 0.6 is 11.6 Å². The number of ether oxygens (including phenoxy) is 3. The number of benzene rings is 2. The highest BCUT2D eigenvalue weighted by Crippen LogP contribution is 2.46. The maximum absolute atomic E-state index is 6.14. The minimum absolute atomic E-state index is 0.0283. The van der Waals surface area contributed by atoms with Crippen molar-refractivity contribution in [2.45, 2.75) is 43.8 Å². The van der Waals surface area contributed by atoms with Gasteiger partial charge in [-0.05, 0) is 55.3 Å². The van der Waals surface area contributed by atoms with Crippen molar-refractivity contribution in [1.82, 2.24) is 9.78 Å². The molecule has 0 amide bonds. The number of methoxy groups -OCH3 is 1. The fourth-order valence-electron chi connectivity index (χ4n) is 4.65. The Labute approximate surface area is 187 Å². The van der Waals surface area contributed by atoms with Crippen LogP contribution in [0.1, 0.15) is 38.3 Å². The lowest BCUT2D eigenvalue weighted by Crippen LogP contribution is -2.41. The van der Waals surface area contributed by atoms with Crippen LogP contribution < -0.4 is 4.74 Å². The minimum atomic E-state index is -0.378. The Bertz CT molecular complexity index is 1040. The van der Waals surface area contributed by atoms with E-state index in [9.17, 15) is 0 Å². The monoisotopic (exact) mass is 438 g/mol. The van der Waals surface area contributed by atoms with Gasteiger partial charge in [0.1, 0.15) is 5.75 Å². The Morgan fingerprint density at radius 2 is 1.58 bits per heavy atom. The molecule has 5 rings (SSSR count). The summed E-state index contributed by atoms with van der Waals surface area (Å²) in [4.78, 5) is 0. The molecule has 1 aromatic heterocycles. The van der Waals surface area contributed by atoms with Crippen LogP contribution in [0.25, 0.3) is 16.9 Å². The van der Waals surface area contributed by atoms with Crippen molar-refractivity contribution in [2.75, 3.05) is 20.3 Å². The largest absolute Gasteiger partial charge is 0.497 e. The highest BCUT2D eigenvalue weighted by atomic mass is 35.5. The molecule has 2 fully saturated rings. The van der Waals surface area contributed by atoms with E-state index < -0.39 is 0 Å². The maximum Gasteiger partial charge on any atom is 0.168 e. The summed E-state index contributed by atoms with van der Waals surface area (Å²) in [6, 6.07) is 18.1. The molecule has 1 aliphatic carbocycles. The first-order chi connectivity index (χ1) is 15.0. The molecule has 6 heteroatoms. The molecule has 0 N–H and O–H groups in total. The normalized spacial score (nSPS) is 19.6. The molecule has 3 aromatic rings. The molecule has 162 valence electrons. The summed E-state index contributed by atoms with van der Waals surface area (Å²) in [6.07, 6.45) is 3.75. The van der Waals surface area contributed by atoms with E-state index in [4.69, 9.17) is 30.9 Å². The van der Waals surface area contributed by atoms with Crippen molar-refractivity contribution in [1.29, 1.82) is 0 Å². The second-order valence-corrected chi connectivity index (χ2v) is 9.14. The Kier molecular flexibility index (Phi) is 5.29. The number of aromatic nitrogens is 2. The molecule has 2 aromatic carbocycles. The lowest BCUT2D eigenvalue weighted by molar-refractivity contribution is -0.184. The third kappa shape index (κ3) is 3.86. The number of rotatable bonds is 4. The molecule has 2 aliphatic rings. The second kappa shape index (κ2) is 7.97. The van der Waals surface area contributed by atoms with E-state index in [1.807, 2.05) is 53.2 Å². The fraction of sp³-hybridized carbons (Fsp3) is 0.400. The average molecular weight is 439 g/mol. The molecule has 0 bridgehead atoms. The van der Waals surface area contributed by atoms with Gasteiger partial charge in [-0.3, -0.25) is 0 Å².